The Hall–Kier alpha value is -2.77. The summed E-state index contributed by atoms with van der Waals surface area (Å²) in [4.78, 5) is 9.12. The fourth-order valence-corrected chi connectivity index (χ4v) is 3.95. The summed E-state index contributed by atoms with van der Waals surface area (Å²) >= 11 is 0. The van der Waals surface area contributed by atoms with Gasteiger partial charge in [-0.1, -0.05) is 24.3 Å². The minimum absolute atomic E-state index is 0.223. The van der Waals surface area contributed by atoms with E-state index in [2.05, 4.69) is 51.4 Å². The van der Waals surface area contributed by atoms with Crippen LogP contribution < -0.4 is 14.8 Å². The van der Waals surface area contributed by atoms with E-state index in [1.807, 2.05) is 38.2 Å². The smallest absolute Gasteiger partial charge is 0.193 e. The molecule has 7 heteroatoms. The van der Waals surface area contributed by atoms with Crippen LogP contribution in [0, 0.1) is 0 Å². The lowest BCUT2D eigenvalue weighted by molar-refractivity contribution is 0.0169. The Morgan fingerprint density at radius 3 is 2.34 bits per heavy atom. The molecule has 0 amide bonds. The Morgan fingerprint density at radius 1 is 1.09 bits per heavy atom. The van der Waals surface area contributed by atoms with Crippen molar-refractivity contribution < 1.29 is 14.2 Å². The largest absolute Gasteiger partial charge is 0.497 e. The molecule has 0 radical (unpaired) electrons. The van der Waals surface area contributed by atoms with Crippen LogP contribution in [0.15, 0.2) is 53.5 Å². The molecule has 0 spiro atoms. The Labute approximate surface area is 192 Å². The molecule has 1 heterocycles. The van der Waals surface area contributed by atoms with E-state index in [0.29, 0.717) is 6.61 Å². The number of hydrogen-bond donors (Lipinski definition) is 1. The monoisotopic (exact) mass is 440 g/mol. The van der Waals surface area contributed by atoms with E-state index in [1.165, 1.54) is 11.1 Å². The van der Waals surface area contributed by atoms with Gasteiger partial charge in [0, 0.05) is 40.3 Å². The van der Waals surface area contributed by atoms with Crippen molar-refractivity contribution in [2.45, 2.75) is 19.5 Å². The number of guanidine groups is 1. The van der Waals surface area contributed by atoms with E-state index in [0.717, 1.165) is 56.9 Å². The Morgan fingerprint density at radius 2 is 1.75 bits per heavy atom. The van der Waals surface area contributed by atoms with Crippen LogP contribution in [0.3, 0.4) is 0 Å². The number of benzene rings is 2. The third-order valence-electron chi connectivity index (χ3n) is 5.67. The van der Waals surface area contributed by atoms with Crippen molar-refractivity contribution in [1.82, 2.24) is 15.1 Å². The van der Waals surface area contributed by atoms with Gasteiger partial charge in [0.25, 0.3) is 0 Å². The van der Waals surface area contributed by atoms with Gasteiger partial charge in [-0.2, -0.15) is 0 Å². The summed E-state index contributed by atoms with van der Waals surface area (Å²) in [5, 5.41) is 3.58. The number of hydrogen-bond acceptors (Lipinski definition) is 5. The molecule has 0 aromatic heterocycles. The maximum Gasteiger partial charge on any atom is 0.193 e. The summed E-state index contributed by atoms with van der Waals surface area (Å²) in [6, 6.07) is 16.8. The first-order valence-electron chi connectivity index (χ1n) is 11.2. The third-order valence-corrected chi connectivity index (χ3v) is 5.67. The van der Waals surface area contributed by atoms with Crippen molar-refractivity contribution in [2.24, 2.45) is 4.99 Å². The second-order valence-electron chi connectivity index (χ2n) is 7.80. The summed E-state index contributed by atoms with van der Waals surface area (Å²) in [6.45, 7) is 7.54. The molecule has 0 aliphatic carbocycles. The van der Waals surface area contributed by atoms with E-state index < -0.39 is 0 Å². The first-order chi connectivity index (χ1) is 15.6. The molecule has 1 aliphatic heterocycles. The first kappa shape index (κ1) is 23.9. The average molecular weight is 441 g/mol. The highest BCUT2D eigenvalue weighted by atomic mass is 16.5. The lowest BCUT2D eigenvalue weighted by atomic mass is 10.0. The molecular formula is C25H36N4O3. The quantitative estimate of drug-likeness (QED) is 0.478. The zero-order chi connectivity index (χ0) is 22.8. The summed E-state index contributed by atoms with van der Waals surface area (Å²) in [6.07, 6.45) is 0. The molecule has 0 bridgehead atoms. The van der Waals surface area contributed by atoms with Crippen molar-refractivity contribution >= 4 is 5.96 Å². The molecule has 1 saturated heterocycles. The number of aliphatic imine (C=N–C) groups is 1. The van der Waals surface area contributed by atoms with Gasteiger partial charge in [-0.15, -0.1) is 0 Å². The molecule has 7 nitrogen and oxygen atoms in total. The molecule has 174 valence electrons. The van der Waals surface area contributed by atoms with Gasteiger partial charge in [0.1, 0.15) is 11.5 Å². The van der Waals surface area contributed by atoms with Crippen LogP contribution in [0.1, 0.15) is 24.1 Å². The Kier molecular flexibility index (Phi) is 9.19. The van der Waals surface area contributed by atoms with Crippen molar-refractivity contribution in [3.8, 4) is 11.5 Å². The van der Waals surface area contributed by atoms with Crippen LogP contribution in [0.2, 0.25) is 0 Å². The minimum Gasteiger partial charge on any atom is -0.497 e. The zero-order valence-electron chi connectivity index (χ0n) is 19.7. The SMILES string of the molecule is CCOc1ccc(CN(C)C(=NC)NCC(c2ccc(OC)cc2)N2CCOCC2)cc1. The van der Waals surface area contributed by atoms with Crippen molar-refractivity contribution in [3.63, 3.8) is 0 Å². The third kappa shape index (κ3) is 6.61. The van der Waals surface area contributed by atoms with Gasteiger partial charge in [-0.25, -0.2) is 0 Å². The molecule has 1 atom stereocenters. The first-order valence-corrected chi connectivity index (χ1v) is 11.2. The van der Waals surface area contributed by atoms with Gasteiger partial charge in [-0.3, -0.25) is 9.89 Å². The Bertz CT molecular complexity index is 833. The summed E-state index contributed by atoms with van der Waals surface area (Å²) in [5.41, 5.74) is 2.46. The fraction of sp³-hybridized carbons (Fsp3) is 0.480. The van der Waals surface area contributed by atoms with Crippen molar-refractivity contribution in [1.29, 1.82) is 0 Å². The van der Waals surface area contributed by atoms with Gasteiger partial charge in [-0.05, 0) is 42.3 Å². The highest BCUT2D eigenvalue weighted by molar-refractivity contribution is 5.79. The van der Waals surface area contributed by atoms with Gasteiger partial charge in [0.2, 0.25) is 0 Å². The van der Waals surface area contributed by atoms with E-state index in [1.54, 1.807) is 7.11 Å². The fourth-order valence-electron chi connectivity index (χ4n) is 3.95. The molecular weight excluding hydrogens is 404 g/mol. The number of rotatable bonds is 9. The highest BCUT2D eigenvalue weighted by Crippen LogP contribution is 2.24. The van der Waals surface area contributed by atoms with E-state index in [4.69, 9.17) is 14.2 Å². The van der Waals surface area contributed by atoms with Crippen LogP contribution in [0.4, 0.5) is 0 Å². The zero-order valence-corrected chi connectivity index (χ0v) is 19.7. The van der Waals surface area contributed by atoms with Gasteiger partial charge < -0.3 is 24.4 Å². The van der Waals surface area contributed by atoms with Crippen LogP contribution in [0.5, 0.6) is 11.5 Å². The molecule has 0 saturated carbocycles. The van der Waals surface area contributed by atoms with Crippen molar-refractivity contribution in [2.75, 3.05) is 60.7 Å². The Balaban J connectivity index is 1.65. The molecule has 1 unspecified atom stereocenters. The number of nitrogens with zero attached hydrogens (tertiary/aromatic N) is 3. The average Bonchev–Trinajstić information content (AvgIpc) is 2.84. The highest BCUT2D eigenvalue weighted by Gasteiger charge is 2.23. The molecule has 1 N–H and O–H groups in total. The minimum atomic E-state index is 0.223. The summed E-state index contributed by atoms with van der Waals surface area (Å²) in [7, 11) is 5.58. The predicted molar refractivity (Wildman–Crippen MR) is 129 cm³/mol. The number of morpholine rings is 1. The van der Waals surface area contributed by atoms with Crippen LogP contribution in [0.25, 0.3) is 0 Å². The van der Waals surface area contributed by atoms with Crippen LogP contribution in [-0.4, -0.2) is 76.4 Å². The molecule has 3 rings (SSSR count). The van der Waals surface area contributed by atoms with Crippen LogP contribution in [-0.2, 0) is 11.3 Å². The van der Waals surface area contributed by atoms with Gasteiger partial charge in [0.15, 0.2) is 5.96 Å². The maximum absolute atomic E-state index is 5.57. The van der Waals surface area contributed by atoms with Crippen molar-refractivity contribution in [3.05, 3.63) is 59.7 Å². The summed E-state index contributed by atoms with van der Waals surface area (Å²) < 4.78 is 16.5. The normalized spacial score (nSPS) is 15.8. The second kappa shape index (κ2) is 12.3. The van der Waals surface area contributed by atoms with E-state index >= 15 is 0 Å². The topological polar surface area (TPSA) is 58.6 Å². The summed E-state index contributed by atoms with van der Waals surface area (Å²) in [5.74, 6) is 2.63. The molecule has 1 fully saturated rings. The standard InChI is InChI=1S/C25H36N4O3/c1-5-32-23-10-6-20(7-11-23)19-28(3)25(26-2)27-18-24(29-14-16-31-17-15-29)21-8-12-22(30-4)13-9-21/h6-13,24H,5,14-19H2,1-4H3,(H,26,27). The van der Waals surface area contributed by atoms with E-state index in [-0.39, 0.29) is 6.04 Å². The lowest BCUT2D eigenvalue weighted by Gasteiger charge is -2.35. The maximum atomic E-state index is 5.57. The molecule has 32 heavy (non-hydrogen) atoms. The number of methoxy groups -OCH3 is 1. The lowest BCUT2D eigenvalue weighted by Crippen LogP contribution is -2.46. The van der Waals surface area contributed by atoms with Crippen LogP contribution >= 0.6 is 0 Å². The molecule has 2 aromatic carbocycles. The second-order valence-corrected chi connectivity index (χ2v) is 7.80. The number of nitrogens with one attached hydrogen (secondary N) is 1. The van der Waals surface area contributed by atoms with Gasteiger partial charge in [0.05, 0.1) is 33.0 Å². The molecule has 2 aromatic rings. The number of ether oxygens (including phenoxy) is 3. The van der Waals surface area contributed by atoms with E-state index in [9.17, 15) is 0 Å². The predicted octanol–water partition coefficient (Wildman–Crippen LogP) is 3.17. The molecule has 1 aliphatic rings. The van der Waals surface area contributed by atoms with Gasteiger partial charge >= 0.3 is 0 Å².